The highest BCUT2D eigenvalue weighted by atomic mass is 32.2. The number of rotatable bonds is 6. The molecule has 0 unspecified atom stereocenters. The monoisotopic (exact) mass is 352 g/mol. The molecule has 0 atom stereocenters. The molecule has 0 aromatic heterocycles. The molecule has 0 spiro atoms. The van der Waals surface area contributed by atoms with E-state index in [1.165, 1.54) is 18.3 Å². The molecule has 0 aliphatic rings. The van der Waals surface area contributed by atoms with Gasteiger partial charge in [0, 0.05) is 0 Å². The van der Waals surface area contributed by atoms with E-state index in [9.17, 15) is 8.42 Å². The van der Waals surface area contributed by atoms with Gasteiger partial charge >= 0.3 is 0 Å². The van der Waals surface area contributed by atoms with Gasteiger partial charge in [0.05, 0.1) is 11.1 Å². The molecule has 3 aromatic carbocycles. The molecule has 0 radical (unpaired) electrons. The van der Waals surface area contributed by atoms with Crippen molar-refractivity contribution in [3.8, 4) is 11.5 Å². The number of nitrogens with one attached hydrogen (secondary N) is 1. The second kappa shape index (κ2) is 7.63. The second-order valence-electron chi connectivity index (χ2n) is 5.15. The van der Waals surface area contributed by atoms with Gasteiger partial charge in [0.15, 0.2) is 0 Å². The lowest BCUT2D eigenvalue weighted by Crippen LogP contribution is -2.18. The Labute approximate surface area is 146 Å². The predicted octanol–water partition coefficient (Wildman–Crippen LogP) is 3.79. The predicted molar refractivity (Wildman–Crippen MR) is 97.3 cm³/mol. The molecular weight excluding hydrogens is 336 g/mol. The fourth-order valence-corrected chi connectivity index (χ4v) is 2.92. The number of hydrazone groups is 1. The Morgan fingerprint density at radius 1 is 0.800 bits per heavy atom. The maximum atomic E-state index is 12.1. The molecule has 1 N–H and O–H groups in total. The van der Waals surface area contributed by atoms with E-state index in [-0.39, 0.29) is 4.90 Å². The lowest BCUT2D eigenvalue weighted by Gasteiger charge is -2.06. The van der Waals surface area contributed by atoms with Crippen molar-refractivity contribution in [2.24, 2.45) is 5.10 Å². The van der Waals surface area contributed by atoms with E-state index in [0.29, 0.717) is 11.3 Å². The van der Waals surface area contributed by atoms with Crippen LogP contribution < -0.4 is 9.57 Å². The van der Waals surface area contributed by atoms with Gasteiger partial charge in [-0.1, -0.05) is 48.5 Å². The molecule has 126 valence electrons. The normalized spacial score (nSPS) is 11.4. The van der Waals surface area contributed by atoms with Crippen LogP contribution in [-0.4, -0.2) is 14.6 Å². The molecule has 0 amide bonds. The Kier molecular flexibility index (Phi) is 5.11. The zero-order valence-electron chi connectivity index (χ0n) is 13.2. The zero-order valence-corrected chi connectivity index (χ0v) is 14.1. The zero-order chi connectivity index (χ0) is 17.5. The molecule has 5 nitrogen and oxygen atoms in total. The lowest BCUT2D eigenvalue weighted by atomic mass is 10.2. The third-order valence-electron chi connectivity index (χ3n) is 3.28. The summed E-state index contributed by atoms with van der Waals surface area (Å²) in [4.78, 5) is 2.35. The third kappa shape index (κ3) is 4.68. The highest BCUT2D eigenvalue weighted by Crippen LogP contribution is 2.21. The van der Waals surface area contributed by atoms with Gasteiger partial charge < -0.3 is 4.74 Å². The first-order valence-electron chi connectivity index (χ1n) is 7.56. The van der Waals surface area contributed by atoms with Crippen molar-refractivity contribution >= 4 is 16.2 Å². The molecule has 0 bridgehead atoms. The van der Waals surface area contributed by atoms with Crippen LogP contribution in [0.5, 0.6) is 11.5 Å². The number of ether oxygens (including phenoxy) is 1. The van der Waals surface area contributed by atoms with Gasteiger partial charge in [-0.15, -0.1) is 0 Å². The van der Waals surface area contributed by atoms with Crippen LogP contribution in [0.15, 0.2) is 94.9 Å². The van der Waals surface area contributed by atoms with Crippen LogP contribution in [0.3, 0.4) is 0 Å². The van der Waals surface area contributed by atoms with Crippen molar-refractivity contribution in [1.82, 2.24) is 4.83 Å². The van der Waals surface area contributed by atoms with Crippen LogP contribution in [0.25, 0.3) is 0 Å². The second-order valence-corrected chi connectivity index (χ2v) is 6.81. The number of hydrogen-bond acceptors (Lipinski definition) is 4. The minimum absolute atomic E-state index is 0.160. The van der Waals surface area contributed by atoms with Crippen molar-refractivity contribution < 1.29 is 13.2 Å². The maximum absolute atomic E-state index is 12.1. The van der Waals surface area contributed by atoms with Gasteiger partial charge in [-0.25, -0.2) is 4.83 Å². The Morgan fingerprint density at radius 2 is 1.44 bits per heavy atom. The minimum atomic E-state index is -3.67. The molecule has 0 aliphatic carbocycles. The Balaban J connectivity index is 1.69. The number of nitrogens with zero attached hydrogens (tertiary/aromatic N) is 1. The highest BCUT2D eigenvalue weighted by molar-refractivity contribution is 7.89. The van der Waals surface area contributed by atoms with Gasteiger partial charge in [-0.3, -0.25) is 0 Å². The molecule has 3 rings (SSSR count). The van der Waals surface area contributed by atoms with Gasteiger partial charge in [-0.05, 0) is 42.0 Å². The minimum Gasteiger partial charge on any atom is -0.457 e. The van der Waals surface area contributed by atoms with E-state index >= 15 is 0 Å². The first kappa shape index (κ1) is 16.7. The van der Waals surface area contributed by atoms with Crippen molar-refractivity contribution in [2.45, 2.75) is 4.90 Å². The Morgan fingerprint density at radius 3 is 2.16 bits per heavy atom. The van der Waals surface area contributed by atoms with Crippen LogP contribution in [0.4, 0.5) is 0 Å². The first-order chi connectivity index (χ1) is 12.1. The third-order valence-corrected chi connectivity index (χ3v) is 4.52. The number of sulfonamides is 1. The van der Waals surface area contributed by atoms with Crippen molar-refractivity contribution in [2.75, 3.05) is 0 Å². The average Bonchev–Trinajstić information content (AvgIpc) is 2.63. The SMILES string of the molecule is O=S(=O)(N/N=C\c1cccc(Oc2ccccc2)c1)c1ccccc1. The summed E-state index contributed by atoms with van der Waals surface area (Å²) in [5, 5.41) is 3.82. The van der Waals surface area contributed by atoms with Crippen molar-refractivity contribution in [1.29, 1.82) is 0 Å². The average molecular weight is 352 g/mol. The summed E-state index contributed by atoms with van der Waals surface area (Å²) >= 11 is 0. The molecular formula is C19H16N2O3S. The number of benzene rings is 3. The maximum Gasteiger partial charge on any atom is 0.276 e. The van der Waals surface area contributed by atoms with Gasteiger partial charge in [0.25, 0.3) is 10.0 Å². The summed E-state index contributed by atoms with van der Waals surface area (Å²) < 4.78 is 29.9. The summed E-state index contributed by atoms with van der Waals surface area (Å²) in [5.41, 5.74) is 0.712. The topological polar surface area (TPSA) is 67.8 Å². The van der Waals surface area contributed by atoms with Gasteiger partial charge in [0.1, 0.15) is 11.5 Å². The van der Waals surface area contributed by atoms with E-state index in [1.807, 2.05) is 42.5 Å². The molecule has 25 heavy (non-hydrogen) atoms. The van der Waals surface area contributed by atoms with E-state index in [1.54, 1.807) is 30.3 Å². The van der Waals surface area contributed by atoms with E-state index in [4.69, 9.17) is 4.74 Å². The number of hydrogen-bond donors (Lipinski definition) is 1. The fraction of sp³-hybridized carbons (Fsp3) is 0. The lowest BCUT2D eigenvalue weighted by molar-refractivity contribution is 0.482. The van der Waals surface area contributed by atoms with Gasteiger partial charge in [-0.2, -0.15) is 13.5 Å². The fourth-order valence-electron chi connectivity index (χ4n) is 2.11. The summed E-state index contributed by atoms with van der Waals surface area (Å²) in [5.74, 6) is 1.36. The van der Waals surface area contributed by atoms with E-state index in [0.717, 1.165) is 5.75 Å². The van der Waals surface area contributed by atoms with Crippen LogP contribution >= 0.6 is 0 Å². The first-order valence-corrected chi connectivity index (χ1v) is 9.05. The highest BCUT2D eigenvalue weighted by Gasteiger charge is 2.10. The molecule has 0 saturated heterocycles. The standard InChI is InChI=1S/C19H16N2O3S/c22-25(23,19-12-5-2-6-13-19)21-20-15-16-8-7-11-18(14-16)24-17-9-3-1-4-10-17/h1-15,21H/b20-15-. The molecule has 0 saturated carbocycles. The molecule has 6 heteroatoms. The Hall–Kier alpha value is -3.12. The smallest absolute Gasteiger partial charge is 0.276 e. The summed E-state index contributed by atoms with van der Waals surface area (Å²) in [7, 11) is -3.67. The summed E-state index contributed by atoms with van der Waals surface area (Å²) in [6.45, 7) is 0. The van der Waals surface area contributed by atoms with Crippen molar-refractivity contribution in [3.63, 3.8) is 0 Å². The molecule has 0 fully saturated rings. The van der Waals surface area contributed by atoms with Gasteiger partial charge in [0.2, 0.25) is 0 Å². The van der Waals surface area contributed by atoms with E-state index < -0.39 is 10.0 Å². The summed E-state index contributed by atoms with van der Waals surface area (Å²) in [6, 6.07) is 24.7. The van der Waals surface area contributed by atoms with Crippen LogP contribution in [-0.2, 0) is 10.0 Å². The van der Waals surface area contributed by atoms with Crippen LogP contribution in [0.1, 0.15) is 5.56 Å². The van der Waals surface area contributed by atoms with Crippen LogP contribution in [0.2, 0.25) is 0 Å². The molecule has 0 aliphatic heterocycles. The van der Waals surface area contributed by atoms with Crippen LogP contribution in [0, 0.1) is 0 Å². The summed E-state index contributed by atoms with van der Waals surface area (Å²) in [6.07, 6.45) is 1.43. The van der Waals surface area contributed by atoms with Crippen molar-refractivity contribution in [3.05, 3.63) is 90.5 Å². The van der Waals surface area contributed by atoms with E-state index in [2.05, 4.69) is 9.93 Å². The quantitative estimate of drug-likeness (QED) is 0.542. The number of para-hydroxylation sites is 1. The largest absolute Gasteiger partial charge is 0.457 e. The molecule has 0 heterocycles. The Bertz CT molecular complexity index is 956. The molecule has 3 aromatic rings.